The van der Waals surface area contributed by atoms with E-state index in [0.717, 1.165) is 33.8 Å². The molecule has 0 saturated carbocycles. The first-order valence-electron chi connectivity index (χ1n) is 8.81. The highest BCUT2D eigenvalue weighted by Gasteiger charge is 2.17. The Bertz CT molecular complexity index is 995. The van der Waals surface area contributed by atoms with E-state index >= 15 is 0 Å². The summed E-state index contributed by atoms with van der Waals surface area (Å²) in [6, 6.07) is 30.7. The van der Waals surface area contributed by atoms with Gasteiger partial charge in [-0.2, -0.15) is 0 Å². The summed E-state index contributed by atoms with van der Waals surface area (Å²) in [5, 5.41) is 0. The number of halogens is 1. The number of benzene rings is 3. The van der Waals surface area contributed by atoms with Gasteiger partial charge in [0.25, 0.3) is 0 Å². The lowest BCUT2D eigenvalue weighted by Gasteiger charge is -2.00. The number of hydrogen-bond donors (Lipinski definition) is 0. The molecule has 130 valence electrons. The van der Waals surface area contributed by atoms with Crippen LogP contribution in [0.5, 0.6) is 0 Å². The molecule has 0 amide bonds. The first-order valence-corrected chi connectivity index (χ1v) is 8.81. The molecule has 2 heteroatoms. The van der Waals surface area contributed by atoms with E-state index in [2.05, 4.69) is 18.2 Å². The molecule has 0 aliphatic carbocycles. The molecule has 3 aromatic carbocycles. The monoisotopic (exact) mass is 353 g/mol. The van der Waals surface area contributed by atoms with Gasteiger partial charge in [-0.1, -0.05) is 60.7 Å². The summed E-state index contributed by atoms with van der Waals surface area (Å²) in [4.78, 5) is 0. The van der Waals surface area contributed by atoms with Crippen LogP contribution in [0.15, 0.2) is 101 Å². The highest BCUT2D eigenvalue weighted by Crippen LogP contribution is 2.29. The van der Waals surface area contributed by atoms with Crippen molar-refractivity contribution in [1.82, 2.24) is 0 Å². The van der Waals surface area contributed by atoms with Gasteiger partial charge in [0.2, 0.25) is 0 Å². The Morgan fingerprint density at radius 3 is 1.89 bits per heavy atom. The molecule has 1 heterocycles. The molecule has 4 aromatic rings. The van der Waals surface area contributed by atoms with Crippen LogP contribution in [-0.4, -0.2) is 0 Å². The van der Waals surface area contributed by atoms with Crippen LogP contribution < -0.4 is 0 Å². The molecule has 0 aliphatic heterocycles. The van der Waals surface area contributed by atoms with Gasteiger partial charge in [-0.3, -0.25) is 0 Å². The molecule has 0 saturated heterocycles. The smallest absolute Gasteiger partial charge is 0.207 e. The molecule has 4 rings (SSSR count). The first-order chi connectivity index (χ1) is 13.3. The fraction of sp³-hybridized carbons (Fsp3) is 0. The third-order valence-electron chi connectivity index (χ3n) is 4.29. The normalized spacial score (nSPS) is 11.0. The molecule has 0 N–H and O–H groups in total. The second-order valence-corrected chi connectivity index (χ2v) is 6.23. The van der Waals surface area contributed by atoms with E-state index in [1.54, 1.807) is 12.1 Å². The Balaban J connectivity index is 1.77. The second kappa shape index (κ2) is 7.79. The minimum absolute atomic E-state index is 0.241. The molecule has 0 unspecified atom stereocenters. The Kier molecular flexibility index (Phi) is 4.88. The largest absolute Gasteiger partial charge is 0.361 e. The maximum atomic E-state index is 13.1. The third-order valence-corrected chi connectivity index (χ3v) is 4.29. The van der Waals surface area contributed by atoms with E-state index in [-0.39, 0.29) is 5.82 Å². The Morgan fingerprint density at radius 1 is 0.593 bits per heavy atom. The van der Waals surface area contributed by atoms with E-state index in [0.29, 0.717) is 0 Å². The van der Waals surface area contributed by atoms with Crippen LogP contribution in [0.25, 0.3) is 34.6 Å². The maximum Gasteiger partial charge on any atom is 0.361 e. The topological polar surface area (TPSA) is 11.3 Å². The van der Waals surface area contributed by atoms with Crippen molar-refractivity contribution in [1.29, 1.82) is 0 Å². The van der Waals surface area contributed by atoms with Crippen LogP contribution in [0.1, 0.15) is 11.3 Å². The first kappa shape index (κ1) is 16.9. The van der Waals surface area contributed by atoms with Gasteiger partial charge in [0.1, 0.15) is 5.82 Å². The molecule has 1 nitrogen and oxygen atoms in total. The van der Waals surface area contributed by atoms with Crippen LogP contribution in [0, 0.1) is 5.82 Å². The standard InChI is InChI=1S/C25H18FO/c26-23-14-11-19(12-15-23)13-16-24-17-22(20-7-3-1-4-8-20)18-25(27-24)21-9-5-2-6-10-21/h1-18H/q+1/b16-13+. The van der Waals surface area contributed by atoms with Crippen molar-refractivity contribution in [3.05, 3.63) is 114 Å². The van der Waals surface area contributed by atoms with Crippen LogP contribution in [-0.2, 0) is 0 Å². The number of hydrogen-bond acceptors (Lipinski definition) is 0. The van der Waals surface area contributed by atoms with Gasteiger partial charge in [0, 0.05) is 11.6 Å². The highest BCUT2D eigenvalue weighted by atomic mass is 19.1. The van der Waals surface area contributed by atoms with E-state index in [9.17, 15) is 4.39 Å². The Hall–Kier alpha value is -3.52. The van der Waals surface area contributed by atoms with E-state index in [4.69, 9.17) is 4.42 Å². The third kappa shape index (κ3) is 4.18. The average molecular weight is 353 g/mol. The second-order valence-electron chi connectivity index (χ2n) is 6.23. The van der Waals surface area contributed by atoms with Gasteiger partial charge < -0.3 is 0 Å². The van der Waals surface area contributed by atoms with Crippen molar-refractivity contribution in [2.75, 3.05) is 0 Å². The van der Waals surface area contributed by atoms with Crippen molar-refractivity contribution in [3.63, 3.8) is 0 Å². The summed E-state index contributed by atoms with van der Waals surface area (Å²) < 4.78 is 19.2. The molecule has 27 heavy (non-hydrogen) atoms. The SMILES string of the molecule is Fc1ccc(/C=C/c2cc(-c3ccccc3)cc(-c3ccccc3)[o+]2)cc1. The summed E-state index contributed by atoms with van der Waals surface area (Å²) in [6.07, 6.45) is 3.83. The lowest BCUT2D eigenvalue weighted by molar-refractivity contribution is 0.556. The van der Waals surface area contributed by atoms with Gasteiger partial charge in [-0.25, -0.2) is 8.81 Å². The van der Waals surface area contributed by atoms with Crippen LogP contribution in [0.3, 0.4) is 0 Å². The Labute approximate surface area is 158 Å². The van der Waals surface area contributed by atoms with Crippen LogP contribution >= 0.6 is 0 Å². The molecule has 0 aliphatic rings. The van der Waals surface area contributed by atoms with E-state index in [1.807, 2.05) is 66.7 Å². The predicted molar refractivity (Wildman–Crippen MR) is 109 cm³/mol. The van der Waals surface area contributed by atoms with Gasteiger partial charge in [0.05, 0.1) is 17.7 Å². The lowest BCUT2D eigenvalue weighted by atomic mass is 10.0. The van der Waals surface area contributed by atoms with Crippen LogP contribution in [0.4, 0.5) is 4.39 Å². The highest BCUT2D eigenvalue weighted by molar-refractivity contribution is 5.74. The minimum Gasteiger partial charge on any atom is -0.207 e. The lowest BCUT2D eigenvalue weighted by Crippen LogP contribution is -1.85. The summed E-state index contributed by atoms with van der Waals surface area (Å²) in [6.45, 7) is 0. The molecule has 0 atom stereocenters. The zero-order valence-corrected chi connectivity index (χ0v) is 14.7. The van der Waals surface area contributed by atoms with E-state index in [1.165, 1.54) is 12.1 Å². The molecule has 0 radical (unpaired) electrons. The summed E-state index contributed by atoms with van der Waals surface area (Å²) in [5.74, 6) is 1.30. The van der Waals surface area contributed by atoms with Crippen molar-refractivity contribution >= 4 is 12.2 Å². The maximum absolute atomic E-state index is 13.1. The molecule has 1 aromatic heterocycles. The van der Waals surface area contributed by atoms with Crippen molar-refractivity contribution in [2.24, 2.45) is 0 Å². The molecular weight excluding hydrogens is 335 g/mol. The quantitative estimate of drug-likeness (QED) is 0.353. The van der Waals surface area contributed by atoms with E-state index < -0.39 is 0 Å². The van der Waals surface area contributed by atoms with Crippen molar-refractivity contribution in [3.8, 4) is 22.5 Å². The summed E-state index contributed by atoms with van der Waals surface area (Å²) >= 11 is 0. The fourth-order valence-corrected chi connectivity index (χ4v) is 2.90. The van der Waals surface area contributed by atoms with Gasteiger partial charge in [-0.05, 0) is 41.5 Å². The average Bonchev–Trinajstić information content (AvgIpc) is 2.74. The fourth-order valence-electron chi connectivity index (χ4n) is 2.90. The minimum atomic E-state index is -0.241. The summed E-state index contributed by atoms with van der Waals surface area (Å²) in [7, 11) is 0. The van der Waals surface area contributed by atoms with Crippen molar-refractivity contribution in [2.45, 2.75) is 0 Å². The zero-order chi connectivity index (χ0) is 18.5. The van der Waals surface area contributed by atoms with Gasteiger partial charge in [-0.15, -0.1) is 0 Å². The molecular formula is C25H18FO+. The van der Waals surface area contributed by atoms with Crippen LogP contribution in [0.2, 0.25) is 0 Å². The number of rotatable bonds is 4. The van der Waals surface area contributed by atoms with Gasteiger partial charge in [0.15, 0.2) is 0 Å². The van der Waals surface area contributed by atoms with Crippen molar-refractivity contribution < 1.29 is 8.81 Å². The molecule has 0 bridgehead atoms. The zero-order valence-electron chi connectivity index (χ0n) is 14.7. The summed E-state index contributed by atoms with van der Waals surface area (Å²) in [5.41, 5.74) is 4.14. The Morgan fingerprint density at radius 2 is 1.22 bits per heavy atom. The predicted octanol–water partition coefficient (Wildman–Crippen LogP) is 7.20. The molecule has 0 spiro atoms. The molecule has 0 fully saturated rings. The van der Waals surface area contributed by atoms with Gasteiger partial charge >= 0.3 is 11.5 Å².